The Labute approximate surface area is 152 Å². The molecule has 0 aromatic carbocycles. The van der Waals surface area contributed by atoms with Crippen LogP contribution >= 0.6 is 0 Å². The van der Waals surface area contributed by atoms with E-state index >= 15 is 0 Å². The highest BCUT2D eigenvalue weighted by Gasteiger charge is 2.34. The highest BCUT2D eigenvalue weighted by atomic mass is 28.3. The van der Waals surface area contributed by atoms with Gasteiger partial charge in [-0.05, 0) is 39.3 Å². The average molecular weight is 352 g/mol. The van der Waals surface area contributed by atoms with E-state index in [-0.39, 0.29) is 0 Å². The van der Waals surface area contributed by atoms with E-state index in [1.54, 1.807) is 0 Å². The zero-order valence-electron chi connectivity index (χ0n) is 17.4. The summed E-state index contributed by atoms with van der Waals surface area (Å²) in [5.74, 6) is 1.70. The second kappa shape index (κ2) is 9.12. The van der Waals surface area contributed by atoms with Gasteiger partial charge in [0.1, 0.15) is 0 Å². The van der Waals surface area contributed by atoms with E-state index in [9.17, 15) is 0 Å². The summed E-state index contributed by atoms with van der Waals surface area (Å²) in [6, 6.07) is 1.47. The number of nitrogens with zero attached hydrogens (tertiary/aromatic N) is 1. The van der Waals surface area contributed by atoms with Crippen LogP contribution in [0, 0.1) is 11.8 Å². The molecule has 1 heterocycles. The van der Waals surface area contributed by atoms with Gasteiger partial charge in [0.15, 0.2) is 0 Å². The standard InChI is InChI=1S/C12H24NSi.2C4H9.Al/c1-11-7-6-8-12(2)13(11)9-10-14(3,4)5;2*1-4(2)3;/h9,11-12H,6-8H2,1-5H3;2*4H,1H2,2-3H3;. The van der Waals surface area contributed by atoms with Crippen molar-refractivity contribution in [1.29, 1.82) is 0 Å². The molecule has 0 aromatic heterocycles. The molecule has 0 radical (unpaired) electrons. The van der Waals surface area contributed by atoms with Crippen LogP contribution in [0.1, 0.15) is 60.8 Å². The monoisotopic (exact) mass is 351 g/mol. The third kappa shape index (κ3) is 6.97. The molecule has 1 aliphatic rings. The summed E-state index contributed by atoms with van der Waals surface area (Å²) in [7, 11) is -1.25. The third-order valence-electron chi connectivity index (χ3n) is 5.37. The largest absolute Gasteiger partial charge is 0.374 e. The minimum absolute atomic E-state index is 0.734. The Morgan fingerprint density at radius 1 is 1.00 bits per heavy atom. The molecule has 134 valence electrons. The van der Waals surface area contributed by atoms with Crippen molar-refractivity contribution in [3.05, 3.63) is 10.3 Å². The summed E-state index contributed by atoms with van der Waals surface area (Å²) < 4.78 is 1.96. The van der Waals surface area contributed by atoms with Crippen LogP contribution in [0.4, 0.5) is 0 Å². The molecule has 1 rings (SSSR count). The lowest BCUT2D eigenvalue weighted by Gasteiger charge is -2.41. The van der Waals surface area contributed by atoms with Gasteiger partial charge in [-0.25, -0.2) is 0 Å². The number of likely N-dealkylation sites (tertiary alicyclic amines) is 1. The Balaban J connectivity index is 3.16. The third-order valence-corrected chi connectivity index (χ3v) is 15.1. The van der Waals surface area contributed by atoms with Crippen molar-refractivity contribution < 1.29 is 0 Å². The molecular weight excluding hydrogens is 309 g/mol. The maximum atomic E-state index is 2.75. The molecule has 2 unspecified atom stereocenters. The highest BCUT2D eigenvalue weighted by molar-refractivity contribution is 6.98. The Morgan fingerprint density at radius 2 is 1.43 bits per heavy atom. The van der Waals surface area contributed by atoms with E-state index in [2.05, 4.69) is 72.3 Å². The lowest BCUT2D eigenvalue weighted by molar-refractivity contribution is 0.164. The summed E-state index contributed by atoms with van der Waals surface area (Å²) in [4.78, 5) is 2.75. The molecule has 1 fully saturated rings. The van der Waals surface area contributed by atoms with Gasteiger partial charge in [0.2, 0.25) is 0 Å². The van der Waals surface area contributed by atoms with Gasteiger partial charge in [-0.1, -0.05) is 69.7 Å². The van der Waals surface area contributed by atoms with Gasteiger partial charge in [-0.2, -0.15) is 0 Å². The van der Waals surface area contributed by atoms with Crippen LogP contribution in [-0.2, 0) is 0 Å². The second-order valence-corrected chi connectivity index (χ2v) is 18.5. The smallest absolute Gasteiger partial charge is 0.297 e. The second-order valence-electron chi connectivity index (χ2n) is 9.87. The Hall–Kier alpha value is 0.289. The fourth-order valence-electron chi connectivity index (χ4n) is 4.26. The van der Waals surface area contributed by atoms with E-state index in [0.29, 0.717) is 0 Å². The molecule has 1 nitrogen and oxygen atoms in total. The van der Waals surface area contributed by atoms with Gasteiger partial charge in [-0.15, -0.1) is 4.06 Å². The predicted octanol–water partition coefficient (Wildman–Crippen LogP) is 6.36. The molecule has 0 saturated carbocycles. The van der Waals surface area contributed by atoms with E-state index in [1.165, 1.54) is 29.8 Å². The van der Waals surface area contributed by atoms with E-state index in [4.69, 9.17) is 0 Å². The van der Waals surface area contributed by atoms with Crippen molar-refractivity contribution in [3.63, 3.8) is 0 Å². The van der Waals surface area contributed by atoms with Gasteiger partial charge in [0.05, 0.1) is 8.07 Å². The fourth-order valence-corrected chi connectivity index (χ4v) is 13.8. The minimum atomic E-state index is -1.25. The molecule has 0 spiro atoms. The maximum absolute atomic E-state index is 2.75. The summed E-state index contributed by atoms with van der Waals surface area (Å²) in [6.07, 6.45) is 6.87. The van der Waals surface area contributed by atoms with Gasteiger partial charge < -0.3 is 4.90 Å². The summed E-state index contributed by atoms with van der Waals surface area (Å²) in [5.41, 5.74) is 0. The lowest BCUT2D eigenvalue weighted by atomic mass is 9.98. The first-order chi connectivity index (χ1) is 10.5. The summed E-state index contributed by atoms with van der Waals surface area (Å²) >= 11 is -0.834. The average Bonchev–Trinajstić information content (AvgIpc) is 2.34. The van der Waals surface area contributed by atoms with Gasteiger partial charge in [-0.3, -0.25) is 0 Å². The molecule has 1 aliphatic heterocycles. The SMILES string of the molecule is CC(C)[CH2][Al]([CH2]C(C)C)/[C](=C\N1C(C)CCCC1C)[Si](C)(C)C. The molecule has 23 heavy (non-hydrogen) atoms. The quantitative estimate of drug-likeness (QED) is 0.483. The van der Waals surface area contributed by atoms with Crippen molar-refractivity contribution >= 4 is 22.2 Å². The molecular formula is C20H42AlNSi. The molecule has 0 aliphatic carbocycles. The Morgan fingerprint density at radius 3 is 1.78 bits per heavy atom. The molecule has 0 amide bonds. The number of rotatable bonds is 7. The Bertz CT molecular complexity index is 364. The molecule has 0 bridgehead atoms. The van der Waals surface area contributed by atoms with Gasteiger partial charge >= 0.3 is 0 Å². The van der Waals surface area contributed by atoms with Gasteiger partial charge in [0, 0.05) is 12.1 Å². The van der Waals surface area contributed by atoms with E-state index < -0.39 is 22.2 Å². The van der Waals surface area contributed by atoms with Crippen LogP contribution in [0.5, 0.6) is 0 Å². The van der Waals surface area contributed by atoms with Crippen LogP contribution < -0.4 is 0 Å². The summed E-state index contributed by atoms with van der Waals surface area (Å²) in [6.45, 7) is 22.3. The molecule has 3 heteroatoms. The molecule has 0 N–H and O–H groups in total. The molecule has 1 saturated heterocycles. The fraction of sp³-hybridized carbons (Fsp3) is 0.900. The highest BCUT2D eigenvalue weighted by Crippen LogP contribution is 2.31. The van der Waals surface area contributed by atoms with Crippen molar-refractivity contribution in [3.8, 4) is 0 Å². The normalized spacial score (nSPS) is 23.8. The zero-order chi connectivity index (χ0) is 17.8. The Kier molecular flexibility index (Phi) is 8.46. The lowest BCUT2D eigenvalue weighted by Crippen LogP contribution is -2.44. The van der Waals surface area contributed by atoms with Crippen LogP contribution in [0.3, 0.4) is 0 Å². The topological polar surface area (TPSA) is 3.24 Å². The van der Waals surface area contributed by atoms with Crippen molar-refractivity contribution in [1.82, 2.24) is 4.90 Å². The van der Waals surface area contributed by atoms with Crippen LogP contribution in [0.2, 0.25) is 30.2 Å². The van der Waals surface area contributed by atoms with Crippen LogP contribution in [0.15, 0.2) is 10.3 Å². The van der Waals surface area contributed by atoms with E-state index in [0.717, 1.165) is 23.9 Å². The number of hydrogen-bond acceptors (Lipinski definition) is 1. The maximum Gasteiger partial charge on any atom is 0.297 e. The molecule has 0 aromatic rings. The van der Waals surface area contributed by atoms with Crippen molar-refractivity contribution in [2.24, 2.45) is 11.8 Å². The molecule has 2 atom stereocenters. The number of hydrogen-bond donors (Lipinski definition) is 0. The summed E-state index contributed by atoms with van der Waals surface area (Å²) in [5, 5.41) is 2.98. The van der Waals surface area contributed by atoms with E-state index in [1.807, 2.05) is 4.06 Å². The van der Waals surface area contributed by atoms with Crippen molar-refractivity contribution in [2.45, 2.75) is 103 Å². The minimum Gasteiger partial charge on any atom is -0.374 e. The predicted molar refractivity (Wildman–Crippen MR) is 111 cm³/mol. The zero-order valence-corrected chi connectivity index (χ0v) is 19.6. The van der Waals surface area contributed by atoms with Crippen LogP contribution in [-0.4, -0.2) is 39.2 Å². The van der Waals surface area contributed by atoms with Crippen LogP contribution in [0.25, 0.3) is 0 Å². The first kappa shape index (κ1) is 21.3. The first-order valence-corrected chi connectivity index (χ1v) is 15.7. The first-order valence-electron chi connectivity index (χ1n) is 10.0. The number of piperidine rings is 1. The van der Waals surface area contributed by atoms with Crippen molar-refractivity contribution in [2.75, 3.05) is 0 Å². The van der Waals surface area contributed by atoms with Gasteiger partial charge in [0.25, 0.3) is 14.1 Å².